The van der Waals surface area contributed by atoms with E-state index in [4.69, 9.17) is 4.74 Å². The summed E-state index contributed by atoms with van der Waals surface area (Å²) in [5.74, 6) is -0.182. The number of rotatable bonds is 6. The number of ether oxygens (including phenoxy) is 1. The molecule has 0 aromatic heterocycles. The maximum Gasteiger partial charge on any atom is 0.311 e. The minimum absolute atomic E-state index is 0.104. The lowest BCUT2D eigenvalue weighted by Crippen LogP contribution is -2.35. The van der Waals surface area contributed by atoms with Gasteiger partial charge in [0.05, 0.1) is 12.0 Å². The number of hydrogen-bond donors (Lipinski definition) is 1. The third-order valence-electron chi connectivity index (χ3n) is 2.93. The Hall–Kier alpha value is -0.570. The first-order valence-corrected chi connectivity index (χ1v) is 5.59. The van der Waals surface area contributed by atoms with Crippen LogP contribution in [0.25, 0.3) is 0 Å². The molecule has 0 spiro atoms. The summed E-state index contributed by atoms with van der Waals surface area (Å²) in [6.45, 7) is 10.1. The summed E-state index contributed by atoms with van der Waals surface area (Å²) < 4.78 is 5.02. The van der Waals surface area contributed by atoms with E-state index in [9.17, 15) is 9.90 Å². The van der Waals surface area contributed by atoms with Crippen molar-refractivity contribution in [2.75, 3.05) is 13.2 Å². The zero-order valence-corrected chi connectivity index (χ0v) is 10.6. The highest BCUT2D eigenvalue weighted by Gasteiger charge is 2.36. The largest absolute Gasteiger partial charge is 0.466 e. The third kappa shape index (κ3) is 4.20. The van der Waals surface area contributed by atoms with Gasteiger partial charge >= 0.3 is 5.97 Å². The highest BCUT2D eigenvalue weighted by atomic mass is 16.5. The fraction of sp³-hybridized carbons (Fsp3) is 0.917. The lowest BCUT2D eigenvalue weighted by atomic mass is 9.73. The van der Waals surface area contributed by atoms with E-state index in [0.29, 0.717) is 13.0 Å². The maximum absolute atomic E-state index is 11.7. The van der Waals surface area contributed by atoms with E-state index >= 15 is 0 Å². The standard InChI is InChI=1S/C12H24O3/c1-6-12(5,9-13)8-11(3,4)10(14)15-7-2/h13H,6-9H2,1-5H3. The summed E-state index contributed by atoms with van der Waals surface area (Å²) in [4.78, 5) is 11.7. The molecule has 0 saturated carbocycles. The Kier molecular flexibility index (Phi) is 5.29. The Morgan fingerprint density at radius 3 is 2.13 bits per heavy atom. The summed E-state index contributed by atoms with van der Waals surface area (Å²) in [6, 6.07) is 0. The van der Waals surface area contributed by atoms with Crippen molar-refractivity contribution in [1.82, 2.24) is 0 Å². The molecule has 0 aliphatic carbocycles. The molecule has 90 valence electrons. The first kappa shape index (κ1) is 14.4. The summed E-state index contributed by atoms with van der Waals surface area (Å²) in [6.07, 6.45) is 1.50. The molecule has 0 aromatic rings. The lowest BCUT2D eigenvalue weighted by molar-refractivity contribution is -0.155. The van der Waals surface area contributed by atoms with Gasteiger partial charge in [0.1, 0.15) is 0 Å². The fourth-order valence-electron chi connectivity index (χ4n) is 1.76. The smallest absolute Gasteiger partial charge is 0.311 e. The van der Waals surface area contributed by atoms with Crippen LogP contribution >= 0.6 is 0 Å². The van der Waals surface area contributed by atoms with Crippen LogP contribution in [0, 0.1) is 10.8 Å². The van der Waals surface area contributed by atoms with Crippen molar-refractivity contribution in [2.45, 2.75) is 47.5 Å². The van der Waals surface area contributed by atoms with Gasteiger partial charge in [0.15, 0.2) is 0 Å². The molecule has 0 heterocycles. The monoisotopic (exact) mass is 216 g/mol. The molecule has 15 heavy (non-hydrogen) atoms. The Labute approximate surface area is 92.8 Å². The van der Waals surface area contributed by atoms with Crippen LogP contribution in [0.3, 0.4) is 0 Å². The van der Waals surface area contributed by atoms with Crippen LogP contribution in [0.5, 0.6) is 0 Å². The summed E-state index contributed by atoms with van der Waals surface area (Å²) >= 11 is 0. The molecule has 0 aliphatic rings. The molecule has 3 heteroatoms. The van der Waals surface area contributed by atoms with E-state index in [1.165, 1.54) is 0 Å². The van der Waals surface area contributed by atoms with Crippen molar-refractivity contribution in [3.05, 3.63) is 0 Å². The zero-order chi connectivity index (χ0) is 12.1. The predicted molar refractivity (Wildman–Crippen MR) is 60.5 cm³/mol. The maximum atomic E-state index is 11.7. The first-order valence-electron chi connectivity index (χ1n) is 5.59. The van der Waals surface area contributed by atoms with Gasteiger partial charge in [-0.1, -0.05) is 13.8 Å². The van der Waals surface area contributed by atoms with Gasteiger partial charge in [0.25, 0.3) is 0 Å². The quantitative estimate of drug-likeness (QED) is 0.693. The highest BCUT2D eigenvalue weighted by molar-refractivity contribution is 5.75. The van der Waals surface area contributed by atoms with Gasteiger partial charge in [-0.3, -0.25) is 4.79 Å². The molecule has 3 nitrogen and oxygen atoms in total. The Morgan fingerprint density at radius 2 is 1.80 bits per heavy atom. The summed E-state index contributed by atoms with van der Waals surface area (Å²) in [5, 5.41) is 9.31. The molecule has 0 bridgehead atoms. The molecule has 0 aliphatic heterocycles. The average molecular weight is 216 g/mol. The molecule has 0 aromatic carbocycles. The van der Waals surface area contributed by atoms with Crippen LogP contribution in [-0.4, -0.2) is 24.3 Å². The second kappa shape index (κ2) is 5.50. The highest BCUT2D eigenvalue weighted by Crippen LogP contribution is 2.36. The molecule has 1 N–H and O–H groups in total. The van der Waals surface area contributed by atoms with Crippen molar-refractivity contribution in [3.8, 4) is 0 Å². The van der Waals surface area contributed by atoms with E-state index in [0.717, 1.165) is 6.42 Å². The van der Waals surface area contributed by atoms with Gasteiger partial charge < -0.3 is 9.84 Å². The molecule has 0 rings (SSSR count). The minimum atomic E-state index is -0.524. The minimum Gasteiger partial charge on any atom is -0.466 e. The van der Waals surface area contributed by atoms with Crippen LogP contribution in [0.4, 0.5) is 0 Å². The van der Waals surface area contributed by atoms with Crippen LogP contribution < -0.4 is 0 Å². The SMILES string of the molecule is CCOC(=O)C(C)(C)CC(C)(CC)CO. The average Bonchev–Trinajstić information content (AvgIpc) is 2.17. The second-order valence-electron chi connectivity index (χ2n) is 5.10. The van der Waals surface area contributed by atoms with Crippen molar-refractivity contribution in [2.24, 2.45) is 10.8 Å². The zero-order valence-electron chi connectivity index (χ0n) is 10.6. The Bertz CT molecular complexity index is 205. The molecular weight excluding hydrogens is 192 g/mol. The van der Waals surface area contributed by atoms with E-state index in [-0.39, 0.29) is 18.0 Å². The number of aliphatic hydroxyl groups is 1. The number of carbonyl (C=O) groups excluding carboxylic acids is 1. The molecule has 0 saturated heterocycles. The normalized spacial score (nSPS) is 15.9. The van der Waals surface area contributed by atoms with Gasteiger partial charge in [-0.25, -0.2) is 0 Å². The van der Waals surface area contributed by atoms with Gasteiger partial charge in [-0.05, 0) is 39.0 Å². The molecule has 0 radical (unpaired) electrons. The fourth-order valence-corrected chi connectivity index (χ4v) is 1.76. The van der Waals surface area contributed by atoms with E-state index < -0.39 is 5.41 Å². The van der Waals surface area contributed by atoms with Crippen molar-refractivity contribution in [3.63, 3.8) is 0 Å². The third-order valence-corrected chi connectivity index (χ3v) is 2.93. The lowest BCUT2D eigenvalue weighted by Gasteiger charge is -2.33. The molecule has 1 atom stereocenters. The van der Waals surface area contributed by atoms with Gasteiger partial charge in [0, 0.05) is 6.61 Å². The van der Waals surface area contributed by atoms with Crippen LogP contribution in [0.15, 0.2) is 0 Å². The Morgan fingerprint density at radius 1 is 1.27 bits per heavy atom. The van der Waals surface area contributed by atoms with Crippen LogP contribution in [0.2, 0.25) is 0 Å². The number of hydrogen-bond acceptors (Lipinski definition) is 3. The van der Waals surface area contributed by atoms with Gasteiger partial charge in [-0.2, -0.15) is 0 Å². The molecule has 0 amide bonds. The Balaban J connectivity index is 4.54. The van der Waals surface area contributed by atoms with Crippen LogP contribution in [-0.2, 0) is 9.53 Å². The van der Waals surface area contributed by atoms with Crippen molar-refractivity contribution < 1.29 is 14.6 Å². The number of esters is 1. The predicted octanol–water partition coefficient (Wildman–Crippen LogP) is 2.37. The van der Waals surface area contributed by atoms with Crippen LogP contribution in [0.1, 0.15) is 47.5 Å². The number of carbonyl (C=O) groups is 1. The topological polar surface area (TPSA) is 46.5 Å². The van der Waals surface area contributed by atoms with E-state index in [2.05, 4.69) is 0 Å². The molecule has 1 unspecified atom stereocenters. The number of aliphatic hydroxyl groups excluding tert-OH is 1. The van der Waals surface area contributed by atoms with E-state index in [1.807, 2.05) is 27.7 Å². The van der Waals surface area contributed by atoms with E-state index in [1.54, 1.807) is 6.92 Å². The van der Waals surface area contributed by atoms with Gasteiger partial charge in [0.2, 0.25) is 0 Å². The van der Waals surface area contributed by atoms with Gasteiger partial charge in [-0.15, -0.1) is 0 Å². The molecule has 0 fully saturated rings. The summed E-state index contributed by atoms with van der Waals surface area (Å²) in [5.41, 5.74) is -0.722. The molecular formula is C12H24O3. The summed E-state index contributed by atoms with van der Waals surface area (Å²) in [7, 11) is 0. The van der Waals surface area contributed by atoms with Crippen molar-refractivity contribution in [1.29, 1.82) is 0 Å². The first-order chi connectivity index (χ1) is 6.81. The van der Waals surface area contributed by atoms with Crippen molar-refractivity contribution >= 4 is 5.97 Å². The second-order valence-corrected chi connectivity index (χ2v) is 5.10.